The minimum atomic E-state index is -1.61. The van der Waals surface area contributed by atoms with Gasteiger partial charge in [0.1, 0.15) is 6.04 Å². The Balaban J connectivity index is 5.54. The number of unbranched alkanes of at least 4 members (excludes halogenated alkanes) is 2. The highest BCUT2D eigenvalue weighted by molar-refractivity contribution is 6.08. The number of carboxylic acid groups (broad SMARTS) is 1. The molecule has 0 saturated carbocycles. The number of carbonyl (C=O) groups excluding carboxylic acids is 3. The maximum absolute atomic E-state index is 12.3. The van der Waals surface area contributed by atoms with E-state index in [0.29, 0.717) is 17.7 Å². The molecular formula is C18H27NO6. The Kier molecular flexibility index (Phi) is 11.7. The summed E-state index contributed by atoms with van der Waals surface area (Å²) in [6.07, 6.45) is 7.72. The third-order valence-electron chi connectivity index (χ3n) is 3.17. The van der Waals surface area contributed by atoms with Gasteiger partial charge in [-0.15, -0.1) is 0 Å². The molecule has 0 aliphatic carbocycles. The fourth-order valence-corrected chi connectivity index (χ4v) is 1.94. The largest absolute Gasteiger partial charge is 0.480 e. The summed E-state index contributed by atoms with van der Waals surface area (Å²) in [5, 5.41) is 9.40. The van der Waals surface area contributed by atoms with Crippen molar-refractivity contribution >= 4 is 23.8 Å². The second kappa shape index (κ2) is 12.9. The van der Waals surface area contributed by atoms with Crippen LogP contribution in [0, 0.1) is 0 Å². The number of hydrogen-bond acceptors (Lipinski definition) is 5. The Bertz CT molecular complexity index is 496. The van der Waals surface area contributed by atoms with Crippen molar-refractivity contribution in [3.8, 4) is 0 Å². The van der Waals surface area contributed by atoms with Gasteiger partial charge < -0.3 is 9.84 Å². The van der Waals surface area contributed by atoms with E-state index in [9.17, 15) is 24.3 Å². The van der Waals surface area contributed by atoms with Gasteiger partial charge >= 0.3 is 11.9 Å². The molecule has 1 atom stereocenters. The lowest BCUT2D eigenvalue weighted by Crippen LogP contribution is -2.48. The number of nitrogens with zero attached hydrogens (tertiary/aromatic N) is 1. The van der Waals surface area contributed by atoms with Gasteiger partial charge in [0.15, 0.2) is 0 Å². The van der Waals surface area contributed by atoms with Crippen LogP contribution in [0.4, 0.5) is 0 Å². The third-order valence-corrected chi connectivity index (χ3v) is 3.17. The fourth-order valence-electron chi connectivity index (χ4n) is 1.94. The molecule has 2 amide bonds. The molecule has 0 aromatic heterocycles. The van der Waals surface area contributed by atoms with Crippen LogP contribution in [0.2, 0.25) is 0 Å². The Morgan fingerprint density at radius 1 is 0.960 bits per heavy atom. The number of esters is 1. The molecule has 1 N–H and O–H groups in total. The lowest BCUT2D eigenvalue weighted by Gasteiger charge is -2.24. The summed E-state index contributed by atoms with van der Waals surface area (Å²) in [6.45, 7) is 5.51. The highest BCUT2D eigenvalue weighted by Gasteiger charge is 2.34. The van der Waals surface area contributed by atoms with Crippen molar-refractivity contribution in [3.05, 3.63) is 24.3 Å². The van der Waals surface area contributed by atoms with E-state index in [2.05, 4.69) is 0 Å². The first kappa shape index (κ1) is 22.6. The van der Waals surface area contributed by atoms with Gasteiger partial charge in [0.05, 0.1) is 13.0 Å². The molecule has 140 valence electrons. The minimum Gasteiger partial charge on any atom is -0.480 e. The van der Waals surface area contributed by atoms with Gasteiger partial charge in [0, 0.05) is 0 Å². The maximum atomic E-state index is 12.3. The van der Waals surface area contributed by atoms with Gasteiger partial charge in [0.2, 0.25) is 0 Å². The minimum absolute atomic E-state index is 0.0832. The summed E-state index contributed by atoms with van der Waals surface area (Å²) in [7, 11) is 0. The van der Waals surface area contributed by atoms with E-state index in [0.717, 1.165) is 25.0 Å². The monoisotopic (exact) mass is 353 g/mol. The molecule has 0 aromatic carbocycles. The average Bonchev–Trinajstić information content (AvgIpc) is 2.54. The van der Waals surface area contributed by atoms with Gasteiger partial charge in [-0.2, -0.15) is 0 Å². The number of rotatable bonds is 11. The normalized spacial score (nSPS) is 12.3. The van der Waals surface area contributed by atoms with Crippen molar-refractivity contribution < 1.29 is 29.0 Å². The lowest BCUT2D eigenvalue weighted by molar-refractivity contribution is -0.158. The van der Waals surface area contributed by atoms with Crippen LogP contribution < -0.4 is 0 Å². The summed E-state index contributed by atoms with van der Waals surface area (Å²) in [6, 6.07) is -1.61. The van der Waals surface area contributed by atoms with E-state index in [1.54, 1.807) is 19.1 Å². The third kappa shape index (κ3) is 8.83. The Morgan fingerprint density at radius 2 is 1.44 bits per heavy atom. The maximum Gasteiger partial charge on any atom is 0.327 e. The number of carbonyl (C=O) groups is 4. The SMILES string of the molecule is CCC/C=C/C(=O)N(C(=O)/C=C/CCC)C(CC(=O)OCC)C(=O)O. The van der Waals surface area contributed by atoms with E-state index < -0.39 is 36.2 Å². The van der Waals surface area contributed by atoms with Crippen LogP contribution in [-0.4, -0.2) is 46.4 Å². The predicted molar refractivity (Wildman–Crippen MR) is 92.6 cm³/mol. The zero-order valence-corrected chi connectivity index (χ0v) is 15.1. The number of carboxylic acids is 1. The highest BCUT2D eigenvalue weighted by Crippen LogP contribution is 2.11. The Morgan fingerprint density at radius 3 is 1.80 bits per heavy atom. The van der Waals surface area contributed by atoms with Gasteiger partial charge in [-0.3, -0.25) is 19.3 Å². The second-order valence-electron chi connectivity index (χ2n) is 5.29. The van der Waals surface area contributed by atoms with Crippen LogP contribution in [0.25, 0.3) is 0 Å². The van der Waals surface area contributed by atoms with Crippen molar-refractivity contribution in [2.24, 2.45) is 0 Å². The smallest absolute Gasteiger partial charge is 0.327 e. The van der Waals surface area contributed by atoms with Crippen LogP contribution in [0.3, 0.4) is 0 Å². The van der Waals surface area contributed by atoms with Gasteiger partial charge in [-0.25, -0.2) is 4.79 Å². The van der Waals surface area contributed by atoms with Crippen molar-refractivity contribution in [1.82, 2.24) is 4.90 Å². The van der Waals surface area contributed by atoms with Crippen LogP contribution in [0.5, 0.6) is 0 Å². The number of imide groups is 1. The lowest BCUT2D eigenvalue weighted by atomic mass is 10.1. The number of hydrogen-bond donors (Lipinski definition) is 1. The van der Waals surface area contributed by atoms with E-state index in [1.807, 2.05) is 13.8 Å². The van der Waals surface area contributed by atoms with E-state index in [4.69, 9.17) is 4.74 Å². The molecule has 0 heterocycles. The molecule has 0 aliphatic rings. The Labute approximate surface area is 148 Å². The van der Waals surface area contributed by atoms with E-state index >= 15 is 0 Å². The molecule has 0 radical (unpaired) electrons. The first-order valence-corrected chi connectivity index (χ1v) is 8.47. The summed E-state index contributed by atoms with van der Waals surface area (Å²) in [4.78, 5) is 48.5. The molecule has 25 heavy (non-hydrogen) atoms. The molecule has 0 saturated heterocycles. The first-order chi connectivity index (χ1) is 11.9. The second-order valence-corrected chi connectivity index (χ2v) is 5.29. The van der Waals surface area contributed by atoms with Crippen LogP contribution in [0.1, 0.15) is 52.9 Å². The molecule has 0 aliphatic heterocycles. The molecule has 0 fully saturated rings. The number of aliphatic carboxylic acids is 1. The fraction of sp³-hybridized carbons (Fsp3) is 0.556. The summed E-state index contributed by atoms with van der Waals surface area (Å²) >= 11 is 0. The zero-order valence-electron chi connectivity index (χ0n) is 15.1. The van der Waals surface area contributed by atoms with Crippen molar-refractivity contribution in [2.45, 2.75) is 58.9 Å². The number of ether oxygens (including phenoxy) is 1. The molecule has 0 spiro atoms. The topological polar surface area (TPSA) is 101 Å². The van der Waals surface area contributed by atoms with Gasteiger partial charge in [0.25, 0.3) is 11.8 Å². The molecular weight excluding hydrogens is 326 g/mol. The standard InChI is InChI=1S/C18H27NO6/c1-4-7-9-11-15(20)19(16(21)12-10-8-5-2)14(18(23)24)13-17(22)25-6-3/h9-12,14H,4-8,13H2,1-3H3,(H,23,24)/b11-9+,12-10+. The number of allylic oxidation sites excluding steroid dienone is 2. The molecule has 0 rings (SSSR count). The molecule has 0 bridgehead atoms. The molecule has 7 nitrogen and oxygen atoms in total. The van der Waals surface area contributed by atoms with Crippen LogP contribution in [0.15, 0.2) is 24.3 Å². The molecule has 7 heteroatoms. The average molecular weight is 353 g/mol. The summed E-state index contributed by atoms with van der Waals surface area (Å²) in [5.74, 6) is -3.76. The van der Waals surface area contributed by atoms with Crippen molar-refractivity contribution in [1.29, 1.82) is 0 Å². The van der Waals surface area contributed by atoms with Crippen LogP contribution in [-0.2, 0) is 23.9 Å². The van der Waals surface area contributed by atoms with Gasteiger partial charge in [-0.05, 0) is 31.9 Å². The van der Waals surface area contributed by atoms with Gasteiger partial charge in [-0.1, -0.05) is 38.8 Å². The summed E-state index contributed by atoms with van der Waals surface area (Å²) in [5.41, 5.74) is 0. The zero-order chi connectivity index (χ0) is 19.2. The van der Waals surface area contributed by atoms with E-state index in [-0.39, 0.29) is 6.61 Å². The number of amides is 2. The quantitative estimate of drug-likeness (QED) is 0.452. The summed E-state index contributed by atoms with van der Waals surface area (Å²) < 4.78 is 4.74. The molecule has 0 aromatic rings. The predicted octanol–water partition coefficient (Wildman–Crippen LogP) is 2.46. The Hall–Kier alpha value is -2.44. The van der Waals surface area contributed by atoms with Crippen molar-refractivity contribution in [3.63, 3.8) is 0 Å². The first-order valence-electron chi connectivity index (χ1n) is 8.47. The van der Waals surface area contributed by atoms with Crippen LogP contribution >= 0.6 is 0 Å². The van der Waals surface area contributed by atoms with Crippen molar-refractivity contribution in [2.75, 3.05) is 6.61 Å². The van der Waals surface area contributed by atoms with E-state index in [1.165, 1.54) is 0 Å². The molecule has 1 unspecified atom stereocenters. The highest BCUT2D eigenvalue weighted by atomic mass is 16.5.